The third-order valence-corrected chi connectivity index (χ3v) is 4.58. The highest BCUT2D eigenvalue weighted by molar-refractivity contribution is 7.99. The van der Waals surface area contributed by atoms with Gasteiger partial charge in [0.25, 0.3) is 11.5 Å². The lowest BCUT2D eigenvalue weighted by molar-refractivity contribution is -0.384. The molecule has 12 heteroatoms. The number of hydrogen-bond acceptors (Lipinski definition) is 10. The smallest absolute Gasteiger partial charge is 0.269 e. The fraction of sp³-hybridized carbons (Fsp3) is 0.312. The Morgan fingerprint density at radius 1 is 1.14 bits per heavy atom. The largest absolute Gasteiger partial charge is 0.355 e. The number of rotatable bonds is 9. The lowest BCUT2D eigenvalue weighted by Gasteiger charge is -2.09. The Morgan fingerprint density at radius 3 is 2.50 bits per heavy atom. The van der Waals surface area contributed by atoms with Crippen LogP contribution < -0.4 is 10.6 Å². The number of carbonyl (C=O) groups is 1. The van der Waals surface area contributed by atoms with Crippen LogP contribution in [0.15, 0.2) is 29.4 Å². The van der Waals surface area contributed by atoms with Crippen LogP contribution in [-0.2, 0) is 0 Å². The zero-order valence-electron chi connectivity index (χ0n) is 15.2. The van der Waals surface area contributed by atoms with Gasteiger partial charge in [-0.15, -0.1) is 10.2 Å². The summed E-state index contributed by atoms with van der Waals surface area (Å²) >= 11 is 1.19. The van der Waals surface area contributed by atoms with Crippen LogP contribution in [-0.4, -0.2) is 54.1 Å². The molecular weight excluding hydrogens is 384 g/mol. The predicted molar refractivity (Wildman–Crippen MR) is 105 cm³/mol. The summed E-state index contributed by atoms with van der Waals surface area (Å²) in [5, 5.41) is 25.5. The molecule has 28 heavy (non-hydrogen) atoms. The molecule has 3 aromatic rings. The zero-order chi connectivity index (χ0) is 20.1. The van der Waals surface area contributed by atoms with Gasteiger partial charge in [-0.2, -0.15) is 9.97 Å². The summed E-state index contributed by atoms with van der Waals surface area (Å²) in [4.78, 5) is 31.3. The Bertz CT molecular complexity index is 1010. The number of thioether (sulfide) groups is 1. The summed E-state index contributed by atoms with van der Waals surface area (Å²) in [6.07, 6.45) is 0. The van der Waals surface area contributed by atoms with E-state index in [9.17, 15) is 14.9 Å². The van der Waals surface area contributed by atoms with E-state index in [2.05, 4.69) is 30.8 Å². The maximum atomic E-state index is 12.4. The average molecular weight is 402 g/mol. The van der Waals surface area contributed by atoms with Crippen LogP contribution in [0.25, 0.3) is 5.78 Å². The number of nitrogens with zero attached hydrogens (tertiary/aromatic N) is 6. The number of Topliss-reactive ketones (excluding diaryl/α,β-unsaturated/α-hetero) is 1. The highest BCUT2D eigenvalue weighted by Gasteiger charge is 2.17. The van der Waals surface area contributed by atoms with Crippen molar-refractivity contribution in [1.29, 1.82) is 0 Å². The summed E-state index contributed by atoms with van der Waals surface area (Å²) in [6.45, 7) is 5.19. The third-order valence-electron chi connectivity index (χ3n) is 3.65. The van der Waals surface area contributed by atoms with Crippen LogP contribution in [0.1, 0.15) is 24.2 Å². The number of aromatic nitrogens is 5. The molecule has 0 saturated carbocycles. The molecule has 0 radical (unpaired) electrons. The SMILES string of the molecule is CCNc1nc(NCC)n2c(SCC(=O)c3ccc([N+](=O)[O-])cc3)nnc2n1. The van der Waals surface area contributed by atoms with Crippen molar-refractivity contribution in [2.45, 2.75) is 19.0 Å². The molecule has 0 saturated heterocycles. The Kier molecular flexibility index (Phi) is 5.99. The van der Waals surface area contributed by atoms with Crippen molar-refractivity contribution in [3.8, 4) is 0 Å². The number of nitro benzene ring substituents is 1. The second-order valence-corrected chi connectivity index (χ2v) is 6.51. The van der Waals surface area contributed by atoms with E-state index in [4.69, 9.17) is 0 Å². The number of nitro groups is 1. The molecule has 0 fully saturated rings. The molecule has 0 atom stereocenters. The summed E-state index contributed by atoms with van der Waals surface area (Å²) in [5.41, 5.74) is 0.334. The van der Waals surface area contributed by atoms with Gasteiger partial charge in [0.05, 0.1) is 10.7 Å². The number of benzene rings is 1. The second-order valence-electron chi connectivity index (χ2n) is 5.57. The number of non-ortho nitro benzene ring substituents is 1. The molecule has 0 aliphatic rings. The predicted octanol–water partition coefficient (Wildman–Crippen LogP) is 2.27. The lowest BCUT2D eigenvalue weighted by atomic mass is 10.1. The first-order valence-electron chi connectivity index (χ1n) is 8.54. The summed E-state index contributed by atoms with van der Waals surface area (Å²) in [6, 6.07) is 5.51. The molecule has 0 amide bonds. The van der Waals surface area contributed by atoms with Crippen LogP contribution in [0.2, 0.25) is 0 Å². The standard InChI is InChI=1S/C16H18N8O3S/c1-3-17-13-19-14(18-4-2)23-15(20-13)21-22-16(23)28-9-12(25)10-5-7-11(8-6-10)24(26)27/h5-8H,3-4,9H2,1-2H3,(H2,17,18,19,20,21). The average Bonchev–Trinajstić information content (AvgIpc) is 3.10. The lowest BCUT2D eigenvalue weighted by Crippen LogP contribution is -2.12. The highest BCUT2D eigenvalue weighted by atomic mass is 32.2. The first-order chi connectivity index (χ1) is 13.5. The molecule has 1 aromatic carbocycles. The van der Waals surface area contributed by atoms with Crippen molar-refractivity contribution < 1.29 is 9.72 Å². The topological polar surface area (TPSA) is 140 Å². The summed E-state index contributed by atoms with van der Waals surface area (Å²) in [7, 11) is 0. The summed E-state index contributed by atoms with van der Waals surface area (Å²) in [5.74, 6) is 1.26. The highest BCUT2D eigenvalue weighted by Crippen LogP contribution is 2.22. The second kappa shape index (κ2) is 8.61. The molecule has 2 N–H and O–H groups in total. The van der Waals surface area contributed by atoms with Gasteiger partial charge in [-0.05, 0) is 26.0 Å². The minimum Gasteiger partial charge on any atom is -0.355 e. The molecule has 0 bridgehead atoms. The fourth-order valence-corrected chi connectivity index (χ4v) is 3.20. The van der Waals surface area contributed by atoms with Crippen molar-refractivity contribution in [1.82, 2.24) is 24.6 Å². The van der Waals surface area contributed by atoms with Crippen LogP contribution in [0.3, 0.4) is 0 Å². The number of nitrogens with one attached hydrogen (secondary N) is 2. The van der Waals surface area contributed by atoms with E-state index < -0.39 is 4.92 Å². The van der Waals surface area contributed by atoms with Gasteiger partial charge in [0.15, 0.2) is 10.9 Å². The van der Waals surface area contributed by atoms with Crippen molar-refractivity contribution in [2.24, 2.45) is 0 Å². The molecule has 146 valence electrons. The normalized spacial score (nSPS) is 10.8. The third kappa shape index (κ3) is 4.17. The van der Waals surface area contributed by atoms with E-state index in [1.165, 1.54) is 36.0 Å². The quantitative estimate of drug-likeness (QED) is 0.237. The monoisotopic (exact) mass is 402 g/mol. The number of hydrogen-bond donors (Lipinski definition) is 2. The Morgan fingerprint density at radius 2 is 1.86 bits per heavy atom. The van der Waals surface area contributed by atoms with E-state index in [1.807, 2.05) is 13.8 Å². The molecule has 11 nitrogen and oxygen atoms in total. The Labute approximate surface area is 164 Å². The first kappa shape index (κ1) is 19.5. The van der Waals surface area contributed by atoms with Crippen LogP contribution in [0.4, 0.5) is 17.6 Å². The van der Waals surface area contributed by atoms with E-state index in [0.717, 1.165) is 0 Å². The molecule has 0 unspecified atom stereocenters. The van der Waals surface area contributed by atoms with Gasteiger partial charge < -0.3 is 10.6 Å². The molecular formula is C16H18N8O3S. The number of ketones is 1. The van der Waals surface area contributed by atoms with E-state index >= 15 is 0 Å². The van der Waals surface area contributed by atoms with Gasteiger partial charge >= 0.3 is 0 Å². The van der Waals surface area contributed by atoms with Crippen molar-refractivity contribution >= 4 is 40.9 Å². The zero-order valence-corrected chi connectivity index (χ0v) is 16.1. The fourth-order valence-electron chi connectivity index (χ4n) is 2.38. The number of anilines is 2. The molecule has 2 heterocycles. The van der Waals surface area contributed by atoms with Crippen molar-refractivity contribution in [3.05, 3.63) is 39.9 Å². The minimum absolute atomic E-state index is 0.0587. The van der Waals surface area contributed by atoms with Crippen LogP contribution in [0, 0.1) is 10.1 Å². The maximum absolute atomic E-state index is 12.4. The molecule has 0 aliphatic heterocycles. The Balaban J connectivity index is 1.80. The molecule has 3 rings (SSSR count). The number of carbonyl (C=O) groups excluding carboxylic acids is 1. The van der Waals surface area contributed by atoms with Crippen molar-refractivity contribution in [3.63, 3.8) is 0 Å². The van der Waals surface area contributed by atoms with Gasteiger partial charge in [-0.3, -0.25) is 14.9 Å². The Hall–Kier alpha value is -3.28. The van der Waals surface area contributed by atoms with E-state index in [0.29, 0.717) is 41.5 Å². The van der Waals surface area contributed by atoms with Gasteiger partial charge in [0, 0.05) is 30.8 Å². The first-order valence-corrected chi connectivity index (χ1v) is 9.53. The van der Waals surface area contributed by atoms with Crippen molar-refractivity contribution in [2.75, 3.05) is 29.5 Å². The van der Waals surface area contributed by atoms with Crippen LogP contribution >= 0.6 is 11.8 Å². The molecule has 0 spiro atoms. The maximum Gasteiger partial charge on any atom is 0.269 e. The summed E-state index contributed by atoms with van der Waals surface area (Å²) < 4.78 is 1.65. The van der Waals surface area contributed by atoms with E-state index in [1.54, 1.807) is 4.40 Å². The molecule has 2 aromatic heterocycles. The van der Waals surface area contributed by atoms with Gasteiger partial charge in [-0.1, -0.05) is 11.8 Å². The van der Waals surface area contributed by atoms with E-state index in [-0.39, 0.29) is 17.2 Å². The molecule has 0 aliphatic carbocycles. The van der Waals surface area contributed by atoms with Gasteiger partial charge in [0.1, 0.15) is 0 Å². The van der Waals surface area contributed by atoms with Crippen LogP contribution in [0.5, 0.6) is 0 Å². The minimum atomic E-state index is -0.505. The number of fused-ring (bicyclic) bond motifs is 1. The van der Waals surface area contributed by atoms with Gasteiger partial charge in [0.2, 0.25) is 11.9 Å². The van der Waals surface area contributed by atoms with Gasteiger partial charge in [-0.25, -0.2) is 4.40 Å².